The van der Waals surface area contributed by atoms with E-state index in [1.165, 1.54) is 6.20 Å². The molecule has 0 saturated heterocycles. The molecule has 0 aromatic carbocycles. The molecule has 0 bridgehead atoms. The third kappa shape index (κ3) is 2.90. The lowest BCUT2D eigenvalue weighted by Gasteiger charge is -2.17. The highest BCUT2D eigenvalue weighted by atomic mass is 32.1. The van der Waals surface area contributed by atoms with Crippen molar-refractivity contribution in [1.29, 1.82) is 0 Å². The zero-order chi connectivity index (χ0) is 12.3. The van der Waals surface area contributed by atoms with E-state index in [0.29, 0.717) is 17.8 Å². The Bertz CT molecular complexity index is 408. The second-order valence-corrected chi connectivity index (χ2v) is 4.65. The summed E-state index contributed by atoms with van der Waals surface area (Å²) in [5.41, 5.74) is 0. The SMILES string of the molecule is O=C(Nc1cnns1)NC1CCCC1C(=O)O. The Balaban J connectivity index is 1.88. The van der Waals surface area contributed by atoms with Crippen molar-refractivity contribution >= 4 is 28.5 Å². The van der Waals surface area contributed by atoms with E-state index in [1.54, 1.807) is 0 Å². The summed E-state index contributed by atoms with van der Waals surface area (Å²) in [4.78, 5) is 22.5. The molecule has 0 aliphatic heterocycles. The van der Waals surface area contributed by atoms with Gasteiger partial charge in [0.1, 0.15) is 5.00 Å². The number of anilines is 1. The summed E-state index contributed by atoms with van der Waals surface area (Å²) in [6.45, 7) is 0. The standard InChI is InChI=1S/C9H12N4O3S/c14-8(15)5-2-1-3-6(5)11-9(16)12-7-4-10-13-17-7/h4-6H,1-3H2,(H,14,15)(H2,11,12,16). The molecule has 2 atom stereocenters. The molecule has 1 heterocycles. The maximum atomic E-state index is 11.6. The van der Waals surface area contributed by atoms with Crippen LogP contribution in [0.25, 0.3) is 0 Å². The molecular formula is C9H12N4O3S. The summed E-state index contributed by atoms with van der Waals surface area (Å²) in [5.74, 6) is -1.34. The van der Waals surface area contributed by atoms with Gasteiger partial charge in [-0.3, -0.25) is 10.1 Å². The van der Waals surface area contributed by atoms with Crippen LogP contribution >= 0.6 is 11.5 Å². The Morgan fingerprint density at radius 3 is 2.94 bits per heavy atom. The van der Waals surface area contributed by atoms with Crippen LogP contribution in [0.1, 0.15) is 19.3 Å². The number of nitrogens with one attached hydrogen (secondary N) is 2. The first-order valence-electron chi connectivity index (χ1n) is 5.24. The number of carboxylic acid groups (broad SMARTS) is 1. The molecule has 17 heavy (non-hydrogen) atoms. The summed E-state index contributed by atoms with van der Waals surface area (Å²) in [6, 6.07) is -0.706. The molecule has 92 valence electrons. The predicted octanol–water partition coefficient (Wildman–Crippen LogP) is 0.913. The number of carbonyl (C=O) groups excluding carboxylic acids is 1. The Morgan fingerprint density at radius 1 is 1.47 bits per heavy atom. The smallest absolute Gasteiger partial charge is 0.320 e. The van der Waals surface area contributed by atoms with Gasteiger partial charge in [0.2, 0.25) is 0 Å². The molecule has 1 fully saturated rings. The Labute approximate surface area is 101 Å². The molecule has 0 radical (unpaired) electrons. The number of rotatable bonds is 3. The third-order valence-electron chi connectivity index (χ3n) is 2.75. The van der Waals surface area contributed by atoms with Gasteiger partial charge in [-0.1, -0.05) is 10.9 Å². The Hall–Kier alpha value is -1.70. The van der Waals surface area contributed by atoms with Gasteiger partial charge in [0, 0.05) is 17.6 Å². The van der Waals surface area contributed by atoms with Crippen molar-refractivity contribution in [2.24, 2.45) is 5.92 Å². The van der Waals surface area contributed by atoms with Crippen molar-refractivity contribution in [1.82, 2.24) is 14.9 Å². The minimum atomic E-state index is -0.854. The zero-order valence-electron chi connectivity index (χ0n) is 8.92. The number of amides is 2. The van der Waals surface area contributed by atoms with Gasteiger partial charge in [-0.05, 0) is 12.8 Å². The highest BCUT2D eigenvalue weighted by Gasteiger charge is 2.33. The number of hydrogen-bond donors (Lipinski definition) is 3. The fourth-order valence-electron chi connectivity index (χ4n) is 1.97. The number of hydrogen-bond acceptors (Lipinski definition) is 5. The minimum Gasteiger partial charge on any atom is -0.481 e. The average molecular weight is 256 g/mol. The first-order chi connectivity index (χ1) is 8.16. The molecule has 2 amide bonds. The molecule has 1 aliphatic carbocycles. The number of nitrogens with zero attached hydrogens (tertiary/aromatic N) is 2. The maximum absolute atomic E-state index is 11.6. The first kappa shape index (κ1) is 11.8. The van der Waals surface area contributed by atoms with Crippen LogP contribution in [0.4, 0.5) is 9.80 Å². The van der Waals surface area contributed by atoms with E-state index in [0.717, 1.165) is 18.0 Å². The van der Waals surface area contributed by atoms with Crippen LogP contribution < -0.4 is 10.6 Å². The molecule has 7 nitrogen and oxygen atoms in total. The molecule has 2 rings (SSSR count). The predicted molar refractivity (Wildman–Crippen MR) is 60.8 cm³/mol. The summed E-state index contributed by atoms with van der Waals surface area (Å²) >= 11 is 1.07. The van der Waals surface area contributed by atoms with Crippen molar-refractivity contribution in [3.8, 4) is 0 Å². The summed E-state index contributed by atoms with van der Waals surface area (Å²) in [7, 11) is 0. The van der Waals surface area contributed by atoms with Crippen molar-refractivity contribution < 1.29 is 14.7 Å². The monoisotopic (exact) mass is 256 g/mol. The maximum Gasteiger partial charge on any atom is 0.320 e. The topological polar surface area (TPSA) is 104 Å². The van der Waals surface area contributed by atoms with Crippen molar-refractivity contribution in [2.45, 2.75) is 25.3 Å². The average Bonchev–Trinajstić information content (AvgIpc) is 2.88. The second-order valence-electron chi connectivity index (χ2n) is 3.86. The summed E-state index contributed by atoms with van der Waals surface area (Å²) < 4.78 is 3.61. The van der Waals surface area contributed by atoms with Gasteiger partial charge < -0.3 is 10.4 Å². The lowest BCUT2D eigenvalue weighted by molar-refractivity contribution is -0.142. The summed E-state index contributed by atoms with van der Waals surface area (Å²) in [5, 5.41) is 18.3. The zero-order valence-corrected chi connectivity index (χ0v) is 9.74. The Morgan fingerprint density at radius 2 is 2.29 bits per heavy atom. The van der Waals surface area contributed by atoms with Gasteiger partial charge in [0.05, 0.1) is 12.1 Å². The highest BCUT2D eigenvalue weighted by molar-refractivity contribution is 7.10. The molecule has 1 aromatic heterocycles. The minimum absolute atomic E-state index is 0.298. The molecule has 1 aromatic rings. The summed E-state index contributed by atoms with van der Waals surface area (Å²) in [6.07, 6.45) is 3.57. The van der Waals surface area contributed by atoms with Crippen LogP contribution in [0.15, 0.2) is 6.20 Å². The largest absolute Gasteiger partial charge is 0.481 e. The number of urea groups is 1. The third-order valence-corrected chi connectivity index (χ3v) is 3.33. The molecule has 0 spiro atoms. The van der Waals surface area contributed by atoms with Gasteiger partial charge in [-0.15, -0.1) is 5.10 Å². The van der Waals surface area contributed by atoms with Gasteiger partial charge in [-0.2, -0.15) is 0 Å². The lowest BCUT2D eigenvalue weighted by atomic mass is 10.0. The number of aromatic nitrogens is 2. The van der Waals surface area contributed by atoms with E-state index < -0.39 is 17.9 Å². The fourth-order valence-corrected chi connectivity index (χ4v) is 2.38. The molecule has 1 saturated carbocycles. The van der Waals surface area contributed by atoms with Gasteiger partial charge in [0.15, 0.2) is 0 Å². The van der Waals surface area contributed by atoms with Crippen molar-refractivity contribution in [2.75, 3.05) is 5.32 Å². The van der Waals surface area contributed by atoms with E-state index in [2.05, 4.69) is 20.2 Å². The van der Waals surface area contributed by atoms with Gasteiger partial charge >= 0.3 is 12.0 Å². The van der Waals surface area contributed by atoms with Crippen LogP contribution in [0.5, 0.6) is 0 Å². The van der Waals surface area contributed by atoms with E-state index in [9.17, 15) is 9.59 Å². The molecule has 1 aliphatic rings. The number of aliphatic carboxylic acids is 1. The fraction of sp³-hybridized carbons (Fsp3) is 0.556. The lowest BCUT2D eigenvalue weighted by Crippen LogP contribution is -2.42. The van der Waals surface area contributed by atoms with Crippen molar-refractivity contribution in [3.05, 3.63) is 6.20 Å². The van der Waals surface area contributed by atoms with Crippen LogP contribution in [-0.2, 0) is 4.79 Å². The second kappa shape index (κ2) is 5.09. The van der Waals surface area contributed by atoms with E-state index in [4.69, 9.17) is 5.11 Å². The van der Waals surface area contributed by atoms with Crippen LogP contribution in [-0.4, -0.2) is 32.7 Å². The van der Waals surface area contributed by atoms with E-state index in [-0.39, 0.29) is 6.04 Å². The first-order valence-corrected chi connectivity index (χ1v) is 6.02. The molecule has 3 N–H and O–H groups in total. The molecule has 8 heteroatoms. The van der Waals surface area contributed by atoms with Crippen molar-refractivity contribution in [3.63, 3.8) is 0 Å². The van der Waals surface area contributed by atoms with E-state index in [1.807, 2.05) is 0 Å². The van der Waals surface area contributed by atoms with Crippen LogP contribution in [0, 0.1) is 5.92 Å². The van der Waals surface area contributed by atoms with E-state index >= 15 is 0 Å². The quantitative estimate of drug-likeness (QED) is 0.745. The number of carboxylic acids is 1. The van der Waals surface area contributed by atoms with Crippen LogP contribution in [0.2, 0.25) is 0 Å². The molecular weight excluding hydrogens is 244 g/mol. The normalized spacial score (nSPS) is 23.3. The van der Waals surface area contributed by atoms with Crippen LogP contribution in [0.3, 0.4) is 0 Å². The highest BCUT2D eigenvalue weighted by Crippen LogP contribution is 2.25. The Kier molecular flexibility index (Phi) is 3.52. The van der Waals surface area contributed by atoms with Gasteiger partial charge in [-0.25, -0.2) is 4.79 Å². The molecule has 2 unspecified atom stereocenters. The number of carbonyl (C=O) groups is 2. The van der Waals surface area contributed by atoms with Gasteiger partial charge in [0.25, 0.3) is 0 Å².